The molecule has 204 valence electrons. The highest BCUT2D eigenvalue weighted by Crippen LogP contribution is 2.27. The third-order valence-electron chi connectivity index (χ3n) is 6.25. The van der Waals surface area contributed by atoms with Crippen LogP contribution >= 0.6 is 23.2 Å². The first kappa shape index (κ1) is 30.9. The Hall–Kier alpha value is -2.29. The summed E-state index contributed by atoms with van der Waals surface area (Å²) in [6.07, 6.45) is 2.62. The Balaban J connectivity index is 2.27. The van der Waals surface area contributed by atoms with Gasteiger partial charge < -0.3 is 10.2 Å². The molecule has 7 nitrogen and oxygen atoms in total. The fourth-order valence-corrected chi connectivity index (χ4v) is 5.41. The lowest BCUT2D eigenvalue weighted by atomic mass is 10.1. The van der Waals surface area contributed by atoms with Gasteiger partial charge in [-0.3, -0.25) is 13.9 Å². The van der Waals surface area contributed by atoms with E-state index >= 15 is 0 Å². The molecule has 1 N–H and O–H groups in total. The van der Waals surface area contributed by atoms with Crippen molar-refractivity contribution in [3.05, 3.63) is 63.6 Å². The third kappa shape index (κ3) is 8.90. The molecule has 2 aromatic rings. The maximum absolute atomic E-state index is 13.5. The van der Waals surface area contributed by atoms with Gasteiger partial charge in [0, 0.05) is 41.2 Å². The van der Waals surface area contributed by atoms with Crippen molar-refractivity contribution in [2.75, 3.05) is 17.1 Å². The molecule has 0 aromatic heterocycles. The van der Waals surface area contributed by atoms with Crippen molar-refractivity contribution in [1.82, 2.24) is 10.2 Å². The summed E-state index contributed by atoms with van der Waals surface area (Å²) in [5.41, 5.74) is 2.12. The number of hydrogen-bond donors (Lipinski definition) is 1. The topological polar surface area (TPSA) is 86.8 Å². The summed E-state index contributed by atoms with van der Waals surface area (Å²) in [5, 5.41) is 3.78. The van der Waals surface area contributed by atoms with Gasteiger partial charge in [-0.15, -0.1) is 0 Å². The first-order valence-electron chi connectivity index (χ1n) is 12.5. The zero-order chi connectivity index (χ0) is 27.8. The van der Waals surface area contributed by atoms with E-state index in [1.54, 1.807) is 30.3 Å². The molecular weight excluding hydrogens is 533 g/mol. The summed E-state index contributed by atoms with van der Waals surface area (Å²) in [5.74, 6) is -0.523. The molecule has 0 saturated carbocycles. The Bertz CT molecular complexity index is 1150. The van der Waals surface area contributed by atoms with Crippen molar-refractivity contribution in [3.8, 4) is 0 Å². The van der Waals surface area contributed by atoms with Gasteiger partial charge in [0.25, 0.3) is 0 Å². The van der Waals surface area contributed by atoms with Crippen LogP contribution < -0.4 is 9.62 Å². The number of anilines is 1. The standard InChI is InChI=1S/C27H37Cl2N3O4S/c1-6-20(4)30-27(34)25(7-2)31(18-22-23(28)10-8-11-24(22)29)26(33)12-9-17-32(37(5,35)36)21-15-13-19(3)14-16-21/h8,10-11,13-16,20,25H,6-7,9,12,17-18H2,1-5H3,(H,30,34)/t20-,25-/m0/s1. The monoisotopic (exact) mass is 569 g/mol. The number of amides is 2. The van der Waals surface area contributed by atoms with Crippen LogP contribution in [0.3, 0.4) is 0 Å². The molecule has 0 fully saturated rings. The van der Waals surface area contributed by atoms with E-state index < -0.39 is 16.1 Å². The van der Waals surface area contributed by atoms with Crippen LogP contribution in [0.25, 0.3) is 0 Å². The van der Waals surface area contributed by atoms with E-state index in [0.717, 1.165) is 18.2 Å². The normalized spacial score (nSPS) is 13.1. The Labute approximate surface area is 231 Å². The second-order valence-corrected chi connectivity index (χ2v) is 12.0. The molecule has 0 saturated heterocycles. The molecule has 0 heterocycles. The van der Waals surface area contributed by atoms with Crippen molar-refractivity contribution < 1.29 is 18.0 Å². The number of sulfonamides is 1. The van der Waals surface area contributed by atoms with Gasteiger partial charge in [-0.2, -0.15) is 0 Å². The van der Waals surface area contributed by atoms with Crippen LogP contribution in [-0.4, -0.2) is 50.0 Å². The van der Waals surface area contributed by atoms with Gasteiger partial charge in [-0.05, 0) is 57.4 Å². The fraction of sp³-hybridized carbons (Fsp3) is 0.481. The molecule has 2 amide bonds. The molecule has 0 aliphatic heterocycles. The van der Waals surface area contributed by atoms with E-state index in [-0.39, 0.29) is 43.8 Å². The molecule has 0 radical (unpaired) electrons. The van der Waals surface area contributed by atoms with Gasteiger partial charge in [0.2, 0.25) is 21.8 Å². The zero-order valence-corrected chi connectivity index (χ0v) is 24.5. The molecule has 0 unspecified atom stereocenters. The van der Waals surface area contributed by atoms with Crippen LogP contribution in [0.4, 0.5) is 5.69 Å². The second kappa shape index (κ2) is 14.0. The van der Waals surface area contributed by atoms with Gasteiger partial charge >= 0.3 is 0 Å². The molecular formula is C27H37Cl2N3O4S. The third-order valence-corrected chi connectivity index (χ3v) is 8.15. The average molecular weight is 571 g/mol. The molecule has 2 atom stereocenters. The summed E-state index contributed by atoms with van der Waals surface area (Å²) >= 11 is 12.8. The van der Waals surface area contributed by atoms with Crippen molar-refractivity contribution in [3.63, 3.8) is 0 Å². The molecule has 0 spiro atoms. The highest BCUT2D eigenvalue weighted by atomic mass is 35.5. The van der Waals surface area contributed by atoms with E-state index in [1.165, 1.54) is 9.21 Å². The van der Waals surface area contributed by atoms with Crippen LogP contribution in [0.2, 0.25) is 10.0 Å². The lowest BCUT2D eigenvalue weighted by molar-refractivity contribution is -0.141. The molecule has 0 bridgehead atoms. The number of hydrogen-bond acceptors (Lipinski definition) is 4. The number of carbonyl (C=O) groups excluding carboxylic acids is 2. The van der Waals surface area contributed by atoms with Crippen LogP contribution in [0.15, 0.2) is 42.5 Å². The molecule has 2 aromatic carbocycles. The highest BCUT2D eigenvalue weighted by molar-refractivity contribution is 7.92. The number of halogens is 2. The van der Waals surface area contributed by atoms with Crippen LogP contribution in [0, 0.1) is 6.92 Å². The number of nitrogens with one attached hydrogen (secondary N) is 1. The highest BCUT2D eigenvalue weighted by Gasteiger charge is 2.30. The molecule has 0 aliphatic carbocycles. The van der Waals surface area contributed by atoms with Crippen molar-refractivity contribution >= 4 is 50.7 Å². The van der Waals surface area contributed by atoms with Crippen molar-refractivity contribution in [2.45, 2.75) is 72.0 Å². The molecule has 2 rings (SSSR count). The van der Waals surface area contributed by atoms with Crippen LogP contribution in [-0.2, 0) is 26.2 Å². The van der Waals surface area contributed by atoms with Gasteiger partial charge in [-0.1, -0.05) is 60.8 Å². The number of aryl methyl sites for hydroxylation is 1. The Morgan fingerprint density at radius 3 is 2.11 bits per heavy atom. The second-order valence-electron chi connectivity index (χ2n) is 9.24. The minimum Gasteiger partial charge on any atom is -0.352 e. The molecule has 0 aliphatic rings. The predicted molar refractivity (Wildman–Crippen MR) is 152 cm³/mol. The van der Waals surface area contributed by atoms with Crippen molar-refractivity contribution in [1.29, 1.82) is 0 Å². The summed E-state index contributed by atoms with van der Waals surface area (Å²) in [4.78, 5) is 28.2. The fourth-order valence-electron chi connectivity index (χ4n) is 3.93. The van der Waals surface area contributed by atoms with Crippen molar-refractivity contribution in [2.24, 2.45) is 0 Å². The smallest absolute Gasteiger partial charge is 0.243 e. The van der Waals surface area contributed by atoms with Crippen LogP contribution in [0.5, 0.6) is 0 Å². The quantitative estimate of drug-likeness (QED) is 0.341. The molecule has 37 heavy (non-hydrogen) atoms. The summed E-state index contributed by atoms with van der Waals surface area (Å²) in [6.45, 7) is 7.85. The van der Waals surface area contributed by atoms with Gasteiger partial charge in [0.15, 0.2) is 0 Å². The minimum absolute atomic E-state index is 0.0415. The predicted octanol–water partition coefficient (Wildman–Crippen LogP) is 5.57. The molecule has 10 heteroatoms. The minimum atomic E-state index is -3.55. The summed E-state index contributed by atoms with van der Waals surface area (Å²) < 4.78 is 26.2. The first-order valence-corrected chi connectivity index (χ1v) is 15.1. The SMILES string of the molecule is CC[C@H](C)NC(=O)[C@H](CC)N(Cc1c(Cl)cccc1Cl)C(=O)CCCN(c1ccc(C)cc1)S(C)(=O)=O. The number of benzene rings is 2. The number of nitrogens with zero attached hydrogens (tertiary/aromatic N) is 2. The number of rotatable bonds is 13. The lowest BCUT2D eigenvalue weighted by Gasteiger charge is -2.32. The Morgan fingerprint density at radius 1 is 1.00 bits per heavy atom. The number of carbonyl (C=O) groups is 2. The maximum Gasteiger partial charge on any atom is 0.243 e. The van der Waals surface area contributed by atoms with E-state index in [1.807, 2.05) is 39.8 Å². The van der Waals surface area contributed by atoms with E-state index in [0.29, 0.717) is 27.7 Å². The largest absolute Gasteiger partial charge is 0.352 e. The summed E-state index contributed by atoms with van der Waals surface area (Å²) in [6, 6.07) is 11.5. The Morgan fingerprint density at radius 2 is 1.59 bits per heavy atom. The van der Waals surface area contributed by atoms with Gasteiger partial charge in [-0.25, -0.2) is 8.42 Å². The van der Waals surface area contributed by atoms with Crippen LogP contribution in [0.1, 0.15) is 57.6 Å². The first-order chi connectivity index (χ1) is 17.4. The van der Waals surface area contributed by atoms with E-state index in [9.17, 15) is 18.0 Å². The van der Waals surface area contributed by atoms with E-state index in [4.69, 9.17) is 23.2 Å². The Kier molecular flexibility index (Phi) is 11.7. The lowest BCUT2D eigenvalue weighted by Crippen LogP contribution is -2.50. The zero-order valence-electron chi connectivity index (χ0n) is 22.1. The average Bonchev–Trinajstić information content (AvgIpc) is 2.83. The maximum atomic E-state index is 13.5. The van der Waals surface area contributed by atoms with E-state index in [2.05, 4.69) is 5.32 Å². The summed E-state index contributed by atoms with van der Waals surface area (Å²) in [7, 11) is -3.55. The van der Waals surface area contributed by atoms with Gasteiger partial charge in [0.1, 0.15) is 6.04 Å². The van der Waals surface area contributed by atoms with Gasteiger partial charge in [0.05, 0.1) is 11.9 Å².